The SMILES string of the molecule is CC(C)(C)OC(=O)NCCOCCOCCS. The third-order valence-electron chi connectivity index (χ3n) is 1.52. The van der Waals surface area contributed by atoms with Crippen LogP contribution in [0.15, 0.2) is 0 Å². The van der Waals surface area contributed by atoms with Crippen LogP contribution < -0.4 is 5.32 Å². The van der Waals surface area contributed by atoms with E-state index in [4.69, 9.17) is 14.2 Å². The van der Waals surface area contributed by atoms with Gasteiger partial charge in [0.25, 0.3) is 0 Å². The van der Waals surface area contributed by atoms with Gasteiger partial charge in [0, 0.05) is 12.3 Å². The second kappa shape index (κ2) is 9.56. The van der Waals surface area contributed by atoms with Crippen LogP contribution in [0.4, 0.5) is 4.79 Å². The number of ether oxygens (including phenoxy) is 3. The Bertz CT molecular complexity index is 206. The normalized spacial score (nSPS) is 11.3. The molecule has 17 heavy (non-hydrogen) atoms. The van der Waals surface area contributed by atoms with Gasteiger partial charge in [0.15, 0.2) is 0 Å². The molecule has 0 spiro atoms. The maximum atomic E-state index is 11.2. The van der Waals surface area contributed by atoms with Gasteiger partial charge in [-0.3, -0.25) is 0 Å². The van der Waals surface area contributed by atoms with Crippen LogP contribution in [0, 0.1) is 0 Å². The van der Waals surface area contributed by atoms with E-state index in [0.29, 0.717) is 38.7 Å². The molecule has 0 aromatic carbocycles. The molecule has 0 rings (SSSR count). The van der Waals surface area contributed by atoms with E-state index in [1.165, 1.54) is 0 Å². The topological polar surface area (TPSA) is 56.8 Å². The zero-order chi connectivity index (χ0) is 13.1. The third-order valence-corrected chi connectivity index (χ3v) is 1.70. The summed E-state index contributed by atoms with van der Waals surface area (Å²) in [6.07, 6.45) is -0.424. The first-order chi connectivity index (χ1) is 7.95. The van der Waals surface area contributed by atoms with E-state index in [2.05, 4.69) is 17.9 Å². The smallest absolute Gasteiger partial charge is 0.407 e. The highest BCUT2D eigenvalue weighted by molar-refractivity contribution is 7.80. The summed E-state index contributed by atoms with van der Waals surface area (Å²) in [5.74, 6) is 0.709. The molecule has 102 valence electrons. The molecule has 0 aromatic heterocycles. The first-order valence-electron chi connectivity index (χ1n) is 5.69. The molecule has 0 aromatic rings. The van der Waals surface area contributed by atoms with Crippen molar-refractivity contribution in [2.24, 2.45) is 0 Å². The average Bonchev–Trinajstić information content (AvgIpc) is 2.19. The quantitative estimate of drug-likeness (QED) is 0.515. The van der Waals surface area contributed by atoms with Crippen LogP contribution in [0.5, 0.6) is 0 Å². The number of carbonyl (C=O) groups is 1. The first-order valence-corrected chi connectivity index (χ1v) is 6.32. The van der Waals surface area contributed by atoms with Crippen molar-refractivity contribution >= 4 is 18.7 Å². The molecule has 0 bridgehead atoms. The molecule has 0 atom stereocenters. The van der Waals surface area contributed by atoms with Crippen molar-refractivity contribution in [1.29, 1.82) is 0 Å². The van der Waals surface area contributed by atoms with Gasteiger partial charge in [-0.1, -0.05) is 0 Å². The molecule has 0 radical (unpaired) electrons. The number of carbonyl (C=O) groups excluding carboxylic acids is 1. The van der Waals surface area contributed by atoms with Gasteiger partial charge in [0.1, 0.15) is 5.60 Å². The monoisotopic (exact) mass is 265 g/mol. The fourth-order valence-corrected chi connectivity index (χ4v) is 1.06. The van der Waals surface area contributed by atoms with Crippen molar-refractivity contribution in [3.8, 4) is 0 Å². The molecule has 1 amide bonds. The lowest BCUT2D eigenvalue weighted by atomic mass is 10.2. The van der Waals surface area contributed by atoms with Crippen molar-refractivity contribution in [3.05, 3.63) is 0 Å². The van der Waals surface area contributed by atoms with Crippen LogP contribution in [-0.4, -0.2) is 50.4 Å². The Hall–Kier alpha value is -0.460. The Labute approximate surface area is 109 Å². The molecule has 0 saturated heterocycles. The predicted octanol–water partition coefficient (Wildman–Crippen LogP) is 1.47. The molecule has 0 fully saturated rings. The number of thiol groups is 1. The van der Waals surface area contributed by atoms with Crippen LogP contribution in [0.3, 0.4) is 0 Å². The van der Waals surface area contributed by atoms with E-state index < -0.39 is 11.7 Å². The zero-order valence-electron chi connectivity index (χ0n) is 10.8. The second-order valence-electron chi connectivity index (χ2n) is 4.38. The molecule has 0 heterocycles. The lowest BCUT2D eigenvalue weighted by molar-refractivity contribution is 0.0424. The Morgan fingerprint density at radius 2 is 1.71 bits per heavy atom. The minimum absolute atomic E-state index is 0.424. The van der Waals surface area contributed by atoms with Gasteiger partial charge in [0.05, 0.1) is 26.4 Å². The number of rotatable bonds is 8. The summed E-state index contributed by atoms with van der Waals surface area (Å²) in [5, 5.41) is 2.60. The summed E-state index contributed by atoms with van der Waals surface area (Å²) in [5.41, 5.74) is -0.467. The standard InChI is InChI=1S/C11H23NO4S/c1-11(2,3)16-10(13)12-4-5-14-6-7-15-8-9-17/h17H,4-9H2,1-3H3,(H,12,13). The van der Waals surface area contributed by atoms with Gasteiger partial charge in [-0.15, -0.1) is 0 Å². The van der Waals surface area contributed by atoms with Crippen molar-refractivity contribution in [3.63, 3.8) is 0 Å². The largest absolute Gasteiger partial charge is 0.444 e. The van der Waals surface area contributed by atoms with Gasteiger partial charge >= 0.3 is 6.09 Å². The van der Waals surface area contributed by atoms with E-state index in [9.17, 15) is 4.79 Å². The highest BCUT2D eigenvalue weighted by Gasteiger charge is 2.15. The fraction of sp³-hybridized carbons (Fsp3) is 0.909. The van der Waals surface area contributed by atoms with Crippen molar-refractivity contribution in [2.75, 3.05) is 38.7 Å². The van der Waals surface area contributed by atoms with Crippen LogP contribution >= 0.6 is 12.6 Å². The van der Waals surface area contributed by atoms with E-state index >= 15 is 0 Å². The van der Waals surface area contributed by atoms with Gasteiger partial charge in [-0.05, 0) is 20.8 Å². The summed E-state index contributed by atoms with van der Waals surface area (Å²) >= 11 is 4.01. The van der Waals surface area contributed by atoms with E-state index in [0.717, 1.165) is 0 Å². The van der Waals surface area contributed by atoms with E-state index in [1.807, 2.05) is 20.8 Å². The fourth-order valence-electron chi connectivity index (χ4n) is 0.926. The molecular formula is C11H23NO4S. The predicted molar refractivity (Wildman–Crippen MR) is 69.7 cm³/mol. The van der Waals surface area contributed by atoms with Gasteiger partial charge in [-0.2, -0.15) is 12.6 Å². The van der Waals surface area contributed by atoms with Crippen molar-refractivity contribution in [1.82, 2.24) is 5.32 Å². The summed E-state index contributed by atoms with van der Waals surface area (Å²) in [6, 6.07) is 0. The molecule has 0 aliphatic rings. The lowest BCUT2D eigenvalue weighted by Crippen LogP contribution is -2.34. The highest BCUT2D eigenvalue weighted by Crippen LogP contribution is 2.05. The molecule has 1 N–H and O–H groups in total. The average molecular weight is 265 g/mol. The Balaban J connectivity index is 3.25. The molecule has 0 unspecified atom stereocenters. The van der Waals surface area contributed by atoms with E-state index in [-0.39, 0.29) is 0 Å². The zero-order valence-corrected chi connectivity index (χ0v) is 11.7. The van der Waals surface area contributed by atoms with Gasteiger partial charge in [0.2, 0.25) is 0 Å². The maximum Gasteiger partial charge on any atom is 0.407 e. The molecular weight excluding hydrogens is 242 g/mol. The summed E-state index contributed by atoms with van der Waals surface area (Å²) < 4.78 is 15.5. The lowest BCUT2D eigenvalue weighted by Gasteiger charge is -2.19. The third kappa shape index (κ3) is 13.5. The molecule has 0 aliphatic carbocycles. The van der Waals surface area contributed by atoms with E-state index in [1.54, 1.807) is 0 Å². The molecule has 0 saturated carbocycles. The van der Waals surface area contributed by atoms with Crippen molar-refractivity contribution < 1.29 is 19.0 Å². The number of nitrogens with one attached hydrogen (secondary N) is 1. The molecule has 5 nitrogen and oxygen atoms in total. The number of amides is 1. The Kier molecular flexibility index (Phi) is 9.30. The highest BCUT2D eigenvalue weighted by atomic mass is 32.1. The first kappa shape index (κ1) is 16.5. The van der Waals surface area contributed by atoms with Crippen LogP contribution in [-0.2, 0) is 14.2 Å². The minimum Gasteiger partial charge on any atom is -0.444 e. The van der Waals surface area contributed by atoms with Crippen LogP contribution in [0.1, 0.15) is 20.8 Å². The minimum atomic E-state index is -0.467. The van der Waals surface area contributed by atoms with Crippen LogP contribution in [0.2, 0.25) is 0 Å². The number of alkyl carbamates (subject to hydrolysis) is 1. The summed E-state index contributed by atoms with van der Waals surface area (Å²) in [6.45, 7) is 8.04. The van der Waals surface area contributed by atoms with Gasteiger partial charge in [-0.25, -0.2) is 4.79 Å². The maximum absolute atomic E-state index is 11.2. The summed E-state index contributed by atoms with van der Waals surface area (Å²) in [4.78, 5) is 11.2. The number of hydrogen-bond donors (Lipinski definition) is 2. The number of hydrogen-bond acceptors (Lipinski definition) is 5. The van der Waals surface area contributed by atoms with Crippen LogP contribution in [0.25, 0.3) is 0 Å². The second-order valence-corrected chi connectivity index (χ2v) is 4.82. The Morgan fingerprint density at radius 1 is 1.12 bits per heavy atom. The van der Waals surface area contributed by atoms with Gasteiger partial charge < -0.3 is 19.5 Å². The molecule has 0 aliphatic heterocycles. The summed E-state index contributed by atoms with van der Waals surface area (Å²) in [7, 11) is 0. The molecule has 6 heteroatoms. The Morgan fingerprint density at radius 3 is 2.24 bits per heavy atom. The van der Waals surface area contributed by atoms with Crippen molar-refractivity contribution in [2.45, 2.75) is 26.4 Å².